The summed E-state index contributed by atoms with van der Waals surface area (Å²) in [5, 5.41) is 2.62. The van der Waals surface area contributed by atoms with Gasteiger partial charge in [0.15, 0.2) is 0 Å². The van der Waals surface area contributed by atoms with Gasteiger partial charge in [0.2, 0.25) is 5.56 Å². The number of aromatic amines is 1. The van der Waals surface area contributed by atoms with Gasteiger partial charge < -0.3 is 20.1 Å². The Labute approximate surface area is 199 Å². The third-order valence-corrected chi connectivity index (χ3v) is 5.98. The summed E-state index contributed by atoms with van der Waals surface area (Å²) in [6.45, 7) is 2.27. The van der Waals surface area contributed by atoms with E-state index in [4.69, 9.17) is 0 Å². The van der Waals surface area contributed by atoms with Crippen molar-refractivity contribution in [3.8, 4) is 11.1 Å². The SMILES string of the molecule is CN1CCN(c2ccc(-c3cccc(CF)c3)cc2NC(=O)c2c[nH]c(=O)cc2C(F)(F)F)CC1. The van der Waals surface area contributed by atoms with Gasteiger partial charge in [0, 0.05) is 38.4 Å². The van der Waals surface area contributed by atoms with E-state index in [-0.39, 0.29) is 0 Å². The van der Waals surface area contributed by atoms with Crippen LogP contribution in [0, 0.1) is 0 Å². The van der Waals surface area contributed by atoms with Crippen molar-refractivity contribution < 1.29 is 22.4 Å². The van der Waals surface area contributed by atoms with Crippen molar-refractivity contribution in [1.82, 2.24) is 9.88 Å². The van der Waals surface area contributed by atoms with Crippen molar-refractivity contribution in [2.24, 2.45) is 0 Å². The van der Waals surface area contributed by atoms with Crippen molar-refractivity contribution in [2.45, 2.75) is 12.9 Å². The van der Waals surface area contributed by atoms with E-state index in [0.29, 0.717) is 47.2 Å². The van der Waals surface area contributed by atoms with Crippen LogP contribution in [0.3, 0.4) is 0 Å². The lowest BCUT2D eigenvalue weighted by Crippen LogP contribution is -2.44. The van der Waals surface area contributed by atoms with E-state index >= 15 is 0 Å². The van der Waals surface area contributed by atoms with Gasteiger partial charge in [-0.1, -0.05) is 24.3 Å². The summed E-state index contributed by atoms with van der Waals surface area (Å²) in [6, 6.07) is 12.5. The van der Waals surface area contributed by atoms with Crippen LogP contribution in [0.1, 0.15) is 21.5 Å². The molecule has 0 radical (unpaired) electrons. The number of nitrogens with zero attached hydrogens (tertiary/aromatic N) is 2. The van der Waals surface area contributed by atoms with Crippen LogP contribution in [0.4, 0.5) is 28.9 Å². The number of rotatable bonds is 5. The van der Waals surface area contributed by atoms with Gasteiger partial charge in [-0.3, -0.25) is 9.59 Å². The molecule has 2 N–H and O–H groups in total. The quantitative estimate of drug-likeness (QED) is 0.518. The zero-order valence-corrected chi connectivity index (χ0v) is 19.0. The number of amides is 1. The fraction of sp³-hybridized carbons (Fsp3) is 0.280. The first-order valence-electron chi connectivity index (χ1n) is 11.0. The smallest absolute Gasteiger partial charge is 0.367 e. The highest BCUT2D eigenvalue weighted by Crippen LogP contribution is 2.35. The van der Waals surface area contributed by atoms with Gasteiger partial charge in [-0.15, -0.1) is 0 Å². The highest BCUT2D eigenvalue weighted by atomic mass is 19.4. The van der Waals surface area contributed by atoms with Gasteiger partial charge >= 0.3 is 6.18 Å². The second-order valence-corrected chi connectivity index (χ2v) is 8.43. The summed E-state index contributed by atoms with van der Waals surface area (Å²) in [4.78, 5) is 30.9. The van der Waals surface area contributed by atoms with Crippen LogP contribution in [0.15, 0.2) is 59.5 Å². The van der Waals surface area contributed by atoms with Gasteiger partial charge in [-0.2, -0.15) is 13.2 Å². The number of anilines is 2. The van der Waals surface area contributed by atoms with Crippen molar-refractivity contribution in [2.75, 3.05) is 43.4 Å². The highest BCUT2D eigenvalue weighted by molar-refractivity contribution is 6.07. The Bertz CT molecular complexity index is 1280. The number of aromatic nitrogens is 1. The van der Waals surface area contributed by atoms with Crippen LogP contribution >= 0.6 is 0 Å². The number of benzene rings is 2. The van der Waals surface area contributed by atoms with E-state index in [1.165, 1.54) is 0 Å². The summed E-state index contributed by atoms with van der Waals surface area (Å²) < 4.78 is 53.7. The number of carbonyl (C=O) groups excluding carboxylic acids is 1. The summed E-state index contributed by atoms with van der Waals surface area (Å²) in [5.41, 5.74) is -0.109. The normalized spacial score (nSPS) is 14.7. The molecule has 184 valence electrons. The second-order valence-electron chi connectivity index (χ2n) is 8.43. The fourth-order valence-corrected chi connectivity index (χ4v) is 4.06. The van der Waals surface area contributed by atoms with Crippen LogP contribution in [0.25, 0.3) is 11.1 Å². The Hall–Kier alpha value is -3.66. The van der Waals surface area contributed by atoms with Crippen molar-refractivity contribution in [3.63, 3.8) is 0 Å². The average molecular weight is 488 g/mol. The molecule has 10 heteroatoms. The van der Waals surface area contributed by atoms with Gasteiger partial charge in [-0.25, -0.2) is 4.39 Å². The van der Waals surface area contributed by atoms with Crippen LogP contribution in [0.5, 0.6) is 0 Å². The number of piperazine rings is 1. The molecule has 0 bridgehead atoms. The third-order valence-electron chi connectivity index (χ3n) is 5.98. The maximum atomic E-state index is 13.5. The molecule has 0 unspecified atom stereocenters. The molecule has 35 heavy (non-hydrogen) atoms. The number of halogens is 4. The standard InChI is InChI=1S/C25H24F4N4O2/c1-32-7-9-33(10-8-32)22-6-5-18(17-4-2-3-16(11-17)14-26)12-21(22)31-24(35)19-15-30-23(34)13-20(19)25(27,28)29/h2-6,11-13,15H,7-10,14H2,1H3,(H,30,34)(H,31,35). The number of hydrogen-bond acceptors (Lipinski definition) is 4. The number of nitrogens with one attached hydrogen (secondary N) is 2. The van der Waals surface area contributed by atoms with E-state index in [1.807, 2.05) is 13.1 Å². The maximum Gasteiger partial charge on any atom is 0.417 e. The first-order valence-corrected chi connectivity index (χ1v) is 11.0. The Balaban J connectivity index is 1.75. The molecule has 1 fully saturated rings. The van der Waals surface area contributed by atoms with Gasteiger partial charge in [0.1, 0.15) is 6.67 Å². The summed E-state index contributed by atoms with van der Waals surface area (Å²) in [6.07, 6.45) is -4.11. The third kappa shape index (κ3) is 5.54. The van der Waals surface area contributed by atoms with Gasteiger partial charge in [0.25, 0.3) is 5.91 Å². The van der Waals surface area contributed by atoms with Crippen LogP contribution in [-0.4, -0.2) is 49.0 Å². The molecular weight excluding hydrogens is 464 g/mol. The Kier molecular flexibility index (Phi) is 6.93. The Morgan fingerprint density at radius 3 is 2.43 bits per heavy atom. The monoisotopic (exact) mass is 488 g/mol. The topological polar surface area (TPSA) is 68.4 Å². The zero-order valence-electron chi connectivity index (χ0n) is 19.0. The van der Waals surface area contributed by atoms with Crippen molar-refractivity contribution >= 4 is 17.3 Å². The predicted octanol–water partition coefficient (Wildman–Crippen LogP) is 4.53. The number of pyridine rings is 1. The minimum Gasteiger partial charge on any atom is -0.367 e. The lowest BCUT2D eigenvalue weighted by molar-refractivity contribution is -0.138. The summed E-state index contributed by atoms with van der Waals surface area (Å²) in [5.74, 6) is -1.00. The molecule has 1 aromatic heterocycles. The number of likely N-dealkylation sites (N-methyl/N-ethyl adjacent to an activating group) is 1. The van der Waals surface area contributed by atoms with Gasteiger partial charge in [0.05, 0.1) is 22.5 Å². The number of hydrogen-bond donors (Lipinski definition) is 2. The van der Waals surface area contributed by atoms with Gasteiger partial charge in [-0.05, 0) is 41.9 Å². The molecule has 2 heterocycles. The lowest BCUT2D eigenvalue weighted by Gasteiger charge is -2.35. The summed E-state index contributed by atoms with van der Waals surface area (Å²) >= 11 is 0. The molecule has 4 rings (SSSR count). The van der Waals surface area contributed by atoms with Crippen molar-refractivity contribution in [3.05, 3.63) is 81.8 Å². The molecule has 2 aromatic carbocycles. The minimum absolute atomic E-state index is 0.321. The first-order chi connectivity index (χ1) is 16.7. The van der Waals surface area contributed by atoms with Crippen LogP contribution < -0.4 is 15.8 Å². The minimum atomic E-state index is -4.88. The molecule has 0 atom stereocenters. The predicted molar refractivity (Wildman–Crippen MR) is 126 cm³/mol. The molecule has 1 amide bonds. The zero-order chi connectivity index (χ0) is 25.2. The molecule has 1 saturated heterocycles. The van der Waals surface area contributed by atoms with Crippen molar-refractivity contribution in [1.29, 1.82) is 0 Å². The molecular formula is C25H24F4N4O2. The van der Waals surface area contributed by atoms with Crippen LogP contribution in [-0.2, 0) is 12.9 Å². The molecule has 0 saturated carbocycles. The van der Waals surface area contributed by atoms with E-state index < -0.39 is 35.4 Å². The molecule has 0 aliphatic carbocycles. The molecule has 1 aliphatic heterocycles. The second kappa shape index (κ2) is 9.91. The first kappa shape index (κ1) is 24.5. The summed E-state index contributed by atoms with van der Waals surface area (Å²) in [7, 11) is 2.00. The van der Waals surface area contributed by atoms with Crippen LogP contribution in [0.2, 0.25) is 0 Å². The average Bonchev–Trinajstić information content (AvgIpc) is 2.84. The lowest BCUT2D eigenvalue weighted by atomic mass is 10.0. The Morgan fingerprint density at radius 2 is 1.74 bits per heavy atom. The Morgan fingerprint density at radius 1 is 1.03 bits per heavy atom. The largest absolute Gasteiger partial charge is 0.417 e. The molecule has 6 nitrogen and oxygen atoms in total. The number of carbonyl (C=O) groups is 1. The maximum absolute atomic E-state index is 13.5. The van der Waals surface area contributed by atoms with E-state index in [2.05, 4.69) is 20.1 Å². The molecule has 3 aromatic rings. The van der Waals surface area contributed by atoms with E-state index in [1.54, 1.807) is 36.4 Å². The van der Waals surface area contributed by atoms with E-state index in [0.717, 1.165) is 19.3 Å². The molecule has 0 spiro atoms. The fourth-order valence-electron chi connectivity index (χ4n) is 4.06. The van der Waals surface area contributed by atoms with E-state index in [9.17, 15) is 27.2 Å². The molecule has 1 aliphatic rings. The highest BCUT2D eigenvalue weighted by Gasteiger charge is 2.36. The number of alkyl halides is 4. The number of H-pyrrole nitrogens is 1.